The largest absolute Gasteiger partial charge is 0.388 e. The predicted molar refractivity (Wildman–Crippen MR) is 83.1 cm³/mol. The maximum atomic E-state index is 11.8. The fourth-order valence-electron chi connectivity index (χ4n) is 2.92. The summed E-state index contributed by atoms with van der Waals surface area (Å²) in [5.41, 5.74) is 0.577. The average Bonchev–Trinajstić information content (AvgIpc) is 3.04. The molecule has 21 heavy (non-hydrogen) atoms. The second-order valence-electron chi connectivity index (χ2n) is 6.31. The van der Waals surface area contributed by atoms with Crippen molar-refractivity contribution in [3.8, 4) is 0 Å². The number of aliphatic hydroxyl groups is 1. The van der Waals surface area contributed by atoms with Gasteiger partial charge in [-0.05, 0) is 44.7 Å². The molecule has 0 radical (unpaired) electrons. The van der Waals surface area contributed by atoms with Crippen LogP contribution in [0.15, 0.2) is 18.3 Å². The molecule has 1 aliphatic carbocycles. The van der Waals surface area contributed by atoms with E-state index in [9.17, 15) is 9.90 Å². The van der Waals surface area contributed by atoms with Gasteiger partial charge < -0.3 is 20.3 Å². The molecule has 118 valence electrons. The van der Waals surface area contributed by atoms with Crippen LogP contribution >= 0.6 is 0 Å². The molecule has 1 heterocycles. The molecule has 1 aliphatic rings. The lowest BCUT2D eigenvalue weighted by atomic mass is 10.0. The molecule has 1 atom stereocenters. The molecule has 2 amide bonds. The lowest BCUT2D eigenvalue weighted by molar-refractivity contribution is 0.0500. The van der Waals surface area contributed by atoms with E-state index in [4.69, 9.17) is 0 Å². The van der Waals surface area contributed by atoms with E-state index in [0.717, 1.165) is 38.5 Å². The Labute approximate surface area is 126 Å². The highest BCUT2D eigenvalue weighted by Gasteiger charge is 2.31. The van der Waals surface area contributed by atoms with Crippen LogP contribution in [0.2, 0.25) is 0 Å². The molecule has 5 nitrogen and oxygen atoms in total. The fraction of sp³-hybridized carbons (Fsp3) is 0.688. The summed E-state index contributed by atoms with van der Waals surface area (Å²) in [6.45, 7) is 2.36. The van der Waals surface area contributed by atoms with Gasteiger partial charge >= 0.3 is 6.03 Å². The van der Waals surface area contributed by atoms with Gasteiger partial charge in [-0.3, -0.25) is 0 Å². The molecule has 0 spiro atoms. The number of carbonyl (C=O) groups excluding carboxylic acids is 1. The van der Waals surface area contributed by atoms with Crippen LogP contribution in [0.5, 0.6) is 0 Å². The zero-order valence-electron chi connectivity index (χ0n) is 13.1. The Morgan fingerprint density at radius 1 is 1.48 bits per heavy atom. The lowest BCUT2D eigenvalue weighted by Crippen LogP contribution is -2.47. The first kappa shape index (κ1) is 15.9. The normalized spacial score (nSPS) is 18.4. The number of amides is 2. The smallest absolute Gasteiger partial charge is 0.315 e. The van der Waals surface area contributed by atoms with Crippen molar-refractivity contribution in [1.82, 2.24) is 15.2 Å². The van der Waals surface area contributed by atoms with Gasteiger partial charge in [0.2, 0.25) is 0 Å². The molecular weight excluding hydrogens is 266 g/mol. The topological polar surface area (TPSA) is 66.3 Å². The minimum absolute atomic E-state index is 0.109. The summed E-state index contributed by atoms with van der Waals surface area (Å²) < 4.78 is 2.10. The molecular formula is C16H27N3O2. The third-order valence-corrected chi connectivity index (χ3v) is 4.37. The molecule has 0 aliphatic heterocycles. The Morgan fingerprint density at radius 3 is 2.81 bits per heavy atom. The number of aryl methyl sites for hydroxylation is 2. The minimum Gasteiger partial charge on any atom is -0.388 e. The Morgan fingerprint density at radius 2 is 2.19 bits per heavy atom. The van der Waals surface area contributed by atoms with E-state index in [0.29, 0.717) is 6.54 Å². The summed E-state index contributed by atoms with van der Waals surface area (Å²) >= 11 is 0. The molecule has 1 fully saturated rings. The Balaban J connectivity index is 1.66. The fourth-order valence-corrected chi connectivity index (χ4v) is 2.92. The van der Waals surface area contributed by atoms with Gasteiger partial charge in [-0.25, -0.2) is 4.79 Å². The van der Waals surface area contributed by atoms with Crippen LogP contribution in [0.3, 0.4) is 0 Å². The second-order valence-corrected chi connectivity index (χ2v) is 6.31. The van der Waals surface area contributed by atoms with Crippen LogP contribution in [0.4, 0.5) is 4.79 Å². The van der Waals surface area contributed by atoms with Crippen LogP contribution in [0, 0.1) is 0 Å². The van der Waals surface area contributed by atoms with Gasteiger partial charge in [-0.2, -0.15) is 0 Å². The number of aromatic nitrogens is 1. The van der Waals surface area contributed by atoms with Crippen LogP contribution in [0.1, 0.15) is 44.7 Å². The maximum absolute atomic E-state index is 11.8. The summed E-state index contributed by atoms with van der Waals surface area (Å²) in [4.78, 5) is 11.8. The van der Waals surface area contributed by atoms with Crippen molar-refractivity contribution in [3.63, 3.8) is 0 Å². The Bertz CT molecular complexity index is 464. The van der Waals surface area contributed by atoms with Crippen molar-refractivity contribution in [3.05, 3.63) is 24.0 Å². The zero-order chi connectivity index (χ0) is 15.3. The molecule has 3 N–H and O–H groups in total. The highest BCUT2D eigenvalue weighted by Crippen LogP contribution is 2.28. The predicted octanol–water partition coefficient (Wildman–Crippen LogP) is 1.95. The van der Waals surface area contributed by atoms with Crippen LogP contribution in [-0.4, -0.2) is 33.9 Å². The average molecular weight is 293 g/mol. The van der Waals surface area contributed by atoms with Crippen molar-refractivity contribution in [2.45, 2.75) is 57.1 Å². The number of hydrogen-bond acceptors (Lipinski definition) is 2. The third kappa shape index (κ3) is 4.77. The molecule has 0 aromatic carbocycles. The summed E-state index contributed by atoms with van der Waals surface area (Å²) in [5, 5.41) is 15.9. The Hall–Kier alpha value is -1.49. The second kappa shape index (κ2) is 6.98. The standard InChI is InChI=1S/C16H27N3O2/c1-13(7-8-14-6-5-11-19(14)2)18-15(20)17-12-16(21)9-3-4-10-16/h5-6,11,13,21H,3-4,7-10,12H2,1-2H3,(H2,17,18,20). The summed E-state index contributed by atoms with van der Waals surface area (Å²) in [6, 6.07) is 4.05. The SMILES string of the molecule is CC(CCc1cccn1C)NC(=O)NCC1(O)CCCC1. The highest BCUT2D eigenvalue weighted by atomic mass is 16.3. The minimum atomic E-state index is -0.691. The first-order valence-corrected chi connectivity index (χ1v) is 7.85. The van der Waals surface area contributed by atoms with E-state index < -0.39 is 5.60 Å². The van der Waals surface area contributed by atoms with E-state index in [1.165, 1.54) is 5.69 Å². The van der Waals surface area contributed by atoms with E-state index in [1.807, 2.05) is 26.2 Å². The summed E-state index contributed by atoms with van der Waals surface area (Å²) in [5.74, 6) is 0. The molecule has 0 bridgehead atoms. The molecule has 0 saturated heterocycles. The lowest BCUT2D eigenvalue weighted by Gasteiger charge is -2.23. The van der Waals surface area contributed by atoms with Gasteiger partial charge in [0.05, 0.1) is 5.60 Å². The number of nitrogens with zero attached hydrogens (tertiary/aromatic N) is 1. The van der Waals surface area contributed by atoms with Gasteiger partial charge in [0, 0.05) is 31.5 Å². The van der Waals surface area contributed by atoms with Crippen LogP contribution < -0.4 is 10.6 Å². The van der Waals surface area contributed by atoms with Crippen LogP contribution in [0.25, 0.3) is 0 Å². The molecule has 5 heteroatoms. The van der Waals surface area contributed by atoms with Crippen molar-refractivity contribution < 1.29 is 9.90 Å². The van der Waals surface area contributed by atoms with E-state index >= 15 is 0 Å². The van der Waals surface area contributed by atoms with E-state index in [2.05, 4.69) is 21.3 Å². The monoisotopic (exact) mass is 293 g/mol. The molecule has 1 aromatic heterocycles. The summed E-state index contributed by atoms with van der Waals surface area (Å²) in [7, 11) is 2.03. The highest BCUT2D eigenvalue weighted by molar-refractivity contribution is 5.74. The molecule has 1 aromatic rings. The quantitative estimate of drug-likeness (QED) is 0.750. The van der Waals surface area contributed by atoms with Crippen molar-refractivity contribution >= 4 is 6.03 Å². The third-order valence-electron chi connectivity index (χ3n) is 4.37. The number of carbonyl (C=O) groups is 1. The van der Waals surface area contributed by atoms with Gasteiger partial charge in [0.25, 0.3) is 0 Å². The van der Waals surface area contributed by atoms with Gasteiger partial charge in [0.1, 0.15) is 0 Å². The van der Waals surface area contributed by atoms with E-state index in [1.54, 1.807) is 0 Å². The van der Waals surface area contributed by atoms with Crippen molar-refractivity contribution in [2.24, 2.45) is 7.05 Å². The first-order valence-electron chi connectivity index (χ1n) is 7.85. The van der Waals surface area contributed by atoms with Gasteiger partial charge in [-0.15, -0.1) is 0 Å². The van der Waals surface area contributed by atoms with Gasteiger partial charge in [-0.1, -0.05) is 12.8 Å². The van der Waals surface area contributed by atoms with Crippen LogP contribution in [-0.2, 0) is 13.5 Å². The van der Waals surface area contributed by atoms with Crippen molar-refractivity contribution in [2.75, 3.05) is 6.54 Å². The van der Waals surface area contributed by atoms with E-state index in [-0.39, 0.29) is 12.1 Å². The molecule has 1 saturated carbocycles. The number of rotatable bonds is 6. The maximum Gasteiger partial charge on any atom is 0.315 e. The summed E-state index contributed by atoms with van der Waals surface area (Å²) in [6.07, 6.45) is 7.54. The zero-order valence-corrected chi connectivity index (χ0v) is 13.1. The number of urea groups is 1. The number of hydrogen-bond donors (Lipinski definition) is 3. The van der Waals surface area contributed by atoms with Gasteiger partial charge in [0.15, 0.2) is 0 Å². The number of nitrogens with one attached hydrogen (secondary N) is 2. The molecule has 1 unspecified atom stereocenters. The van der Waals surface area contributed by atoms with Crippen molar-refractivity contribution in [1.29, 1.82) is 0 Å². The Kier molecular flexibility index (Phi) is 5.28. The molecule has 2 rings (SSSR count). The first-order chi connectivity index (χ1) is 9.98.